The van der Waals surface area contributed by atoms with Gasteiger partial charge in [-0.05, 0) is 32.0 Å². The SMILES string of the molecule is [C-]#[N+]CN1C(C)CN(c2ccnc(-c3cnc4ccc(C(F)(F)F)cn34)n2)CC1C. The zero-order chi connectivity index (χ0) is 21.5. The van der Waals surface area contributed by atoms with Crippen molar-refractivity contribution in [2.45, 2.75) is 32.1 Å². The van der Waals surface area contributed by atoms with Crippen molar-refractivity contribution in [2.75, 3.05) is 24.7 Å². The van der Waals surface area contributed by atoms with Gasteiger partial charge in [0, 0.05) is 37.6 Å². The molecule has 0 aliphatic carbocycles. The molecule has 0 amide bonds. The van der Waals surface area contributed by atoms with Gasteiger partial charge in [0.15, 0.2) is 5.82 Å². The van der Waals surface area contributed by atoms with E-state index in [1.807, 2.05) is 0 Å². The van der Waals surface area contributed by atoms with Gasteiger partial charge in [0.2, 0.25) is 0 Å². The summed E-state index contributed by atoms with van der Waals surface area (Å²) in [6.07, 6.45) is -0.351. The number of halogens is 3. The third kappa shape index (κ3) is 3.68. The predicted octanol–water partition coefficient (Wildman–Crippen LogP) is 3.59. The maximum Gasteiger partial charge on any atom is 0.417 e. The van der Waals surface area contributed by atoms with Crippen molar-refractivity contribution in [3.8, 4) is 11.5 Å². The second-order valence-electron chi connectivity index (χ2n) is 7.44. The van der Waals surface area contributed by atoms with Gasteiger partial charge < -0.3 is 4.90 Å². The second-order valence-corrected chi connectivity index (χ2v) is 7.44. The average molecular weight is 415 g/mol. The van der Waals surface area contributed by atoms with Gasteiger partial charge in [0.1, 0.15) is 17.2 Å². The van der Waals surface area contributed by atoms with Crippen LogP contribution < -0.4 is 4.90 Å². The fourth-order valence-corrected chi connectivity index (χ4v) is 3.87. The lowest BCUT2D eigenvalue weighted by atomic mass is 10.1. The van der Waals surface area contributed by atoms with Crippen molar-refractivity contribution in [3.63, 3.8) is 0 Å². The minimum atomic E-state index is -4.45. The van der Waals surface area contributed by atoms with Crippen molar-refractivity contribution in [1.29, 1.82) is 0 Å². The van der Waals surface area contributed by atoms with Crippen molar-refractivity contribution >= 4 is 11.5 Å². The molecule has 30 heavy (non-hydrogen) atoms. The molecule has 0 N–H and O–H groups in total. The second kappa shape index (κ2) is 7.57. The first-order valence-corrected chi connectivity index (χ1v) is 9.49. The summed E-state index contributed by atoms with van der Waals surface area (Å²) >= 11 is 0. The van der Waals surface area contributed by atoms with Crippen LogP contribution in [0.1, 0.15) is 19.4 Å². The van der Waals surface area contributed by atoms with E-state index in [1.165, 1.54) is 16.7 Å². The van der Waals surface area contributed by atoms with Gasteiger partial charge in [-0.25, -0.2) is 26.4 Å². The predicted molar refractivity (Wildman–Crippen MR) is 106 cm³/mol. The van der Waals surface area contributed by atoms with Gasteiger partial charge in [-0.3, -0.25) is 9.25 Å². The number of aromatic nitrogens is 4. The lowest BCUT2D eigenvalue weighted by Crippen LogP contribution is -2.56. The molecule has 10 heteroatoms. The Morgan fingerprint density at radius 3 is 2.53 bits per heavy atom. The molecule has 0 spiro atoms. The summed E-state index contributed by atoms with van der Waals surface area (Å²) in [5, 5.41) is 0. The summed E-state index contributed by atoms with van der Waals surface area (Å²) in [7, 11) is 0. The maximum absolute atomic E-state index is 13.1. The highest BCUT2D eigenvalue weighted by Gasteiger charge is 2.32. The van der Waals surface area contributed by atoms with Crippen LogP contribution in [-0.4, -0.2) is 56.1 Å². The number of pyridine rings is 1. The van der Waals surface area contributed by atoms with Crippen molar-refractivity contribution in [1.82, 2.24) is 24.3 Å². The Hall–Kier alpha value is -3.19. The third-order valence-electron chi connectivity index (χ3n) is 5.36. The monoisotopic (exact) mass is 415 g/mol. The van der Waals surface area contributed by atoms with Crippen LogP contribution in [0.25, 0.3) is 22.0 Å². The molecular weight excluding hydrogens is 395 g/mol. The number of rotatable bonds is 3. The molecule has 3 aromatic heterocycles. The summed E-state index contributed by atoms with van der Waals surface area (Å²) in [4.78, 5) is 20.8. The Kier molecular flexibility index (Phi) is 5.07. The van der Waals surface area contributed by atoms with E-state index in [9.17, 15) is 13.2 Å². The summed E-state index contributed by atoms with van der Waals surface area (Å²) < 4.78 is 40.7. The van der Waals surface area contributed by atoms with E-state index in [0.717, 1.165) is 12.3 Å². The van der Waals surface area contributed by atoms with E-state index in [2.05, 4.69) is 43.4 Å². The normalized spacial score (nSPS) is 20.5. The lowest BCUT2D eigenvalue weighted by Gasteiger charge is -2.42. The number of hydrogen-bond acceptors (Lipinski definition) is 5. The number of anilines is 1. The standard InChI is InChI=1S/C20H20F3N7/c1-13-9-28(10-14(2)30(13)12-24-3)18-6-7-25-19(27-18)16-8-26-17-5-4-15(11-29(16)17)20(21,22)23/h4-8,11,13-14H,9-10,12H2,1-2H3. The molecule has 156 valence electrons. The Labute approximate surface area is 171 Å². The number of piperazine rings is 1. The highest BCUT2D eigenvalue weighted by molar-refractivity contribution is 5.59. The maximum atomic E-state index is 13.1. The minimum absolute atomic E-state index is 0.173. The van der Waals surface area contributed by atoms with Gasteiger partial charge in [0.05, 0.1) is 11.8 Å². The van der Waals surface area contributed by atoms with Crippen LogP contribution in [0.2, 0.25) is 0 Å². The first kappa shape index (κ1) is 20.1. The molecule has 3 aromatic rings. The van der Waals surface area contributed by atoms with Crippen molar-refractivity contribution < 1.29 is 13.2 Å². The third-order valence-corrected chi connectivity index (χ3v) is 5.36. The smallest absolute Gasteiger partial charge is 0.353 e. The Morgan fingerprint density at radius 2 is 1.87 bits per heavy atom. The molecule has 0 radical (unpaired) electrons. The number of nitrogens with zero attached hydrogens (tertiary/aromatic N) is 7. The van der Waals surface area contributed by atoms with Crippen LogP contribution in [0.5, 0.6) is 0 Å². The lowest BCUT2D eigenvalue weighted by molar-refractivity contribution is -0.137. The van der Waals surface area contributed by atoms with E-state index in [0.29, 0.717) is 42.7 Å². The van der Waals surface area contributed by atoms with Gasteiger partial charge in [-0.1, -0.05) is 0 Å². The Morgan fingerprint density at radius 1 is 1.13 bits per heavy atom. The number of alkyl halides is 3. The summed E-state index contributed by atoms with van der Waals surface area (Å²) in [6, 6.07) is 4.47. The zero-order valence-corrected chi connectivity index (χ0v) is 16.5. The molecule has 0 bridgehead atoms. The van der Waals surface area contributed by atoms with E-state index in [1.54, 1.807) is 12.3 Å². The molecule has 1 aliphatic heterocycles. The molecule has 2 atom stereocenters. The van der Waals surface area contributed by atoms with Gasteiger partial charge in [-0.2, -0.15) is 13.2 Å². The fourth-order valence-electron chi connectivity index (χ4n) is 3.87. The number of imidazole rings is 1. The van der Waals surface area contributed by atoms with E-state index < -0.39 is 11.7 Å². The molecule has 7 nitrogen and oxygen atoms in total. The number of fused-ring (bicyclic) bond motifs is 1. The Balaban J connectivity index is 1.67. The van der Waals surface area contributed by atoms with Crippen molar-refractivity contribution in [3.05, 3.63) is 53.8 Å². The molecular formula is C20H20F3N7. The van der Waals surface area contributed by atoms with Crippen LogP contribution in [0, 0.1) is 6.57 Å². The molecule has 1 aliphatic rings. The molecule has 1 fully saturated rings. The first-order valence-electron chi connectivity index (χ1n) is 9.49. The average Bonchev–Trinajstić information content (AvgIpc) is 3.13. The summed E-state index contributed by atoms with van der Waals surface area (Å²) in [6.45, 7) is 13.0. The van der Waals surface area contributed by atoms with Crippen LogP contribution in [0.3, 0.4) is 0 Å². The van der Waals surface area contributed by atoms with E-state index in [4.69, 9.17) is 6.57 Å². The molecule has 0 saturated carbocycles. The summed E-state index contributed by atoms with van der Waals surface area (Å²) in [5.74, 6) is 1.01. The van der Waals surface area contributed by atoms with Gasteiger partial charge in [0.25, 0.3) is 6.67 Å². The van der Waals surface area contributed by atoms with E-state index in [-0.39, 0.29) is 12.1 Å². The van der Waals surface area contributed by atoms with Crippen LogP contribution in [-0.2, 0) is 6.18 Å². The summed E-state index contributed by atoms with van der Waals surface area (Å²) in [5.41, 5.74) is 0.0247. The quantitative estimate of drug-likeness (QED) is 0.612. The first-order chi connectivity index (χ1) is 14.3. The van der Waals surface area contributed by atoms with Gasteiger partial charge >= 0.3 is 6.18 Å². The largest absolute Gasteiger partial charge is 0.417 e. The topological polar surface area (TPSA) is 53.9 Å². The van der Waals surface area contributed by atoms with Crippen molar-refractivity contribution in [2.24, 2.45) is 0 Å². The van der Waals surface area contributed by atoms with Crippen LogP contribution >= 0.6 is 0 Å². The molecule has 0 aromatic carbocycles. The molecule has 4 rings (SSSR count). The minimum Gasteiger partial charge on any atom is -0.353 e. The number of hydrogen-bond donors (Lipinski definition) is 0. The van der Waals surface area contributed by atoms with Crippen LogP contribution in [0.4, 0.5) is 19.0 Å². The zero-order valence-electron chi connectivity index (χ0n) is 16.5. The van der Waals surface area contributed by atoms with Gasteiger partial charge in [-0.15, -0.1) is 0 Å². The fraction of sp³-hybridized carbons (Fsp3) is 0.400. The molecule has 1 saturated heterocycles. The highest BCUT2D eigenvalue weighted by Crippen LogP contribution is 2.30. The molecule has 2 unspecified atom stereocenters. The Bertz CT molecular complexity index is 1090. The van der Waals surface area contributed by atoms with E-state index >= 15 is 0 Å². The highest BCUT2D eigenvalue weighted by atomic mass is 19.4. The van der Waals surface area contributed by atoms with Crippen LogP contribution in [0.15, 0.2) is 36.8 Å². The molecule has 4 heterocycles.